The number of rotatable bonds is 3. The average molecular weight is 292 g/mol. The molecular weight excluding hydrogens is 278 g/mol. The number of alkyl halides is 1. The lowest BCUT2D eigenvalue weighted by molar-refractivity contribution is 0.731. The predicted molar refractivity (Wildman–Crippen MR) is 80.0 cm³/mol. The van der Waals surface area contributed by atoms with Crippen LogP contribution in [0.2, 0.25) is 0 Å². The van der Waals surface area contributed by atoms with Crippen LogP contribution in [0.5, 0.6) is 0 Å². The van der Waals surface area contributed by atoms with Gasteiger partial charge in [0.15, 0.2) is 0 Å². The number of aryl methyl sites for hydroxylation is 1. The van der Waals surface area contributed by atoms with Crippen LogP contribution in [0.15, 0.2) is 29.1 Å². The Balaban J connectivity index is 2.16. The van der Waals surface area contributed by atoms with Crippen molar-refractivity contribution < 1.29 is 0 Å². The molecule has 0 amide bonds. The summed E-state index contributed by atoms with van der Waals surface area (Å²) < 4.78 is 2.15. The molecule has 1 aromatic carbocycles. The van der Waals surface area contributed by atoms with Gasteiger partial charge in [0.1, 0.15) is 5.82 Å². The Kier molecular flexibility index (Phi) is 3.29. The van der Waals surface area contributed by atoms with Crippen molar-refractivity contribution in [2.24, 2.45) is 0 Å². The molecule has 0 spiro atoms. The summed E-state index contributed by atoms with van der Waals surface area (Å²) >= 11 is 7.86. The van der Waals surface area contributed by atoms with Crippen molar-refractivity contribution in [1.29, 1.82) is 0 Å². The molecule has 1 atom stereocenters. The number of imidazole rings is 1. The van der Waals surface area contributed by atoms with E-state index in [1.165, 1.54) is 5.56 Å². The number of aromatic nitrogens is 3. The molecule has 3 rings (SSSR count). The summed E-state index contributed by atoms with van der Waals surface area (Å²) in [6.45, 7) is 4.74. The summed E-state index contributed by atoms with van der Waals surface area (Å²) in [6, 6.07) is 6.30. The zero-order chi connectivity index (χ0) is 13.4. The third kappa shape index (κ3) is 2.38. The number of hydrogen-bond acceptors (Lipinski definition) is 3. The fraction of sp³-hybridized carbons (Fsp3) is 0.286. The quantitative estimate of drug-likeness (QED) is 0.679. The van der Waals surface area contributed by atoms with Gasteiger partial charge in [0.25, 0.3) is 0 Å². The lowest BCUT2D eigenvalue weighted by Crippen LogP contribution is -2.05. The van der Waals surface area contributed by atoms with Gasteiger partial charge in [-0.05, 0) is 31.5 Å². The van der Waals surface area contributed by atoms with E-state index in [1.54, 1.807) is 11.3 Å². The fourth-order valence-electron chi connectivity index (χ4n) is 2.21. The summed E-state index contributed by atoms with van der Waals surface area (Å²) in [5, 5.41) is 1.94. The van der Waals surface area contributed by atoms with Gasteiger partial charge in [0.05, 0.1) is 34.2 Å². The van der Waals surface area contributed by atoms with Crippen LogP contribution in [0.3, 0.4) is 0 Å². The summed E-state index contributed by atoms with van der Waals surface area (Å²) in [7, 11) is 0. The smallest absolute Gasteiger partial charge is 0.128 e. The van der Waals surface area contributed by atoms with Gasteiger partial charge in [-0.3, -0.25) is 0 Å². The monoisotopic (exact) mass is 291 g/mol. The Morgan fingerprint density at radius 3 is 2.95 bits per heavy atom. The predicted octanol–water partition coefficient (Wildman–Crippen LogP) is 4.15. The van der Waals surface area contributed by atoms with Crippen molar-refractivity contribution in [2.45, 2.75) is 25.8 Å². The SMILES string of the molecule is Cc1ccc2c(c1)nc(C(C)Cl)n2Cc1cscn1. The first-order chi connectivity index (χ1) is 9.15. The topological polar surface area (TPSA) is 30.7 Å². The van der Waals surface area contributed by atoms with Crippen LogP contribution in [0.25, 0.3) is 11.0 Å². The minimum Gasteiger partial charge on any atom is -0.321 e. The molecule has 2 aromatic heterocycles. The molecule has 3 aromatic rings. The molecule has 98 valence electrons. The van der Waals surface area contributed by atoms with Gasteiger partial charge in [-0.1, -0.05) is 6.07 Å². The van der Waals surface area contributed by atoms with Crippen LogP contribution in [-0.4, -0.2) is 14.5 Å². The highest BCUT2D eigenvalue weighted by atomic mass is 35.5. The minimum absolute atomic E-state index is 0.119. The molecule has 0 aliphatic rings. The molecule has 19 heavy (non-hydrogen) atoms. The van der Waals surface area contributed by atoms with Crippen molar-refractivity contribution in [1.82, 2.24) is 14.5 Å². The molecule has 0 aliphatic heterocycles. The number of halogens is 1. The largest absolute Gasteiger partial charge is 0.321 e. The maximum atomic E-state index is 6.26. The van der Waals surface area contributed by atoms with E-state index in [-0.39, 0.29) is 5.38 Å². The number of nitrogens with zero attached hydrogens (tertiary/aromatic N) is 3. The van der Waals surface area contributed by atoms with Crippen molar-refractivity contribution in [3.8, 4) is 0 Å². The number of benzene rings is 1. The van der Waals surface area contributed by atoms with Crippen LogP contribution in [-0.2, 0) is 6.54 Å². The van der Waals surface area contributed by atoms with E-state index < -0.39 is 0 Å². The third-order valence-electron chi connectivity index (χ3n) is 3.09. The van der Waals surface area contributed by atoms with Crippen LogP contribution >= 0.6 is 22.9 Å². The van der Waals surface area contributed by atoms with Gasteiger partial charge < -0.3 is 4.57 Å². The van der Waals surface area contributed by atoms with Crippen LogP contribution in [0.4, 0.5) is 0 Å². The Hall–Kier alpha value is -1.39. The third-order valence-corrected chi connectivity index (χ3v) is 3.92. The van der Waals surface area contributed by atoms with Gasteiger partial charge in [0, 0.05) is 5.38 Å². The second-order valence-electron chi connectivity index (χ2n) is 4.64. The molecule has 5 heteroatoms. The maximum Gasteiger partial charge on any atom is 0.128 e. The lowest BCUT2D eigenvalue weighted by atomic mass is 10.2. The maximum absolute atomic E-state index is 6.26. The summed E-state index contributed by atoms with van der Waals surface area (Å²) in [6.07, 6.45) is 0. The standard InChI is InChI=1S/C14H14ClN3S/c1-9-3-4-13-12(5-9)17-14(10(2)15)18(13)6-11-7-19-8-16-11/h3-5,7-8,10H,6H2,1-2H3. The molecule has 3 nitrogen and oxygen atoms in total. The Morgan fingerprint density at radius 2 is 2.26 bits per heavy atom. The molecular formula is C14H14ClN3S. The highest BCUT2D eigenvalue weighted by Gasteiger charge is 2.15. The average Bonchev–Trinajstić information content (AvgIpc) is 2.97. The van der Waals surface area contributed by atoms with E-state index >= 15 is 0 Å². The second kappa shape index (κ2) is 4.94. The highest BCUT2D eigenvalue weighted by Crippen LogP contribution is 2.26. The van der Waals surface area contributed by atoms with Crippen molar-refractivity contribution in [2.75, 3.05) is 0 Å². The lowest BCUT2D eigenvalue weighted by Gasteiger charge is -2.08. The van der Waals surface area contributed by atoms with Crippen LogP contribution in [0.1, 0.15) is 29.4 Å². The molecule has 0 saturated carbocycles. The van der Waals surface area contributed by atoms with E-state index in [2.05, 4.69) is 45.0 Å². The van der Waals surface area contributed by atoms with Gasteiger partial charge in [-0.25, -0.2) is 9.97 Å². The van der Waals surface area contributed by atoms with Crippen molar-refractivity contribution >= 4 is 34.0 Å². The van der Waals surface area contributed by atoms with Gasteiger partial charge in [-0.15, -0.1) is 22.9 Å². The van der Waals surface area contributed by atoms with E-state index in [0.29, 0.717) is 0 Å². The van der Waals surface area contributed by atoms with Gasteiger partial charge >= 0.3 is 0 Å². The Morgan fingerprint density at radius 1 is 1.42 bits per heavy atom. The van der Waals surface area contributed by atoms with E-state index in [4.69, 9.17) is 11.6 Å². The molecule has 1 unspecified atom stereocenters. The van der Waals surface area contributed by atoms with Crippen molar-refractivity contribution in [3.05, 3.63) is 46.2 Å². The normalized spacial score (nSPS) is 13.0. The van der Waals surface area contributed by atoms with Crippen LogP contribution in [0, 0.1) is 6.92 Å². The molecule has 0 bridgehead atoms. The fourth-order valence-corrected chi connectivity index (χ4v) is 2.92. The zero-order valence-electron chi connectivity index (χ0n) is 10.8. The van der Waals surface area contributed by atoms with E-state index in [1.807, 2.05) is 12.4 Å². The summed E-state index contributed by atoms with van der Waals surface area (Å²) in [5.74, 6) is 0.898. The second-order valence-corrected chi connectivity index (χ2v) is 6.02. The minimum atomic E-state index is -0.119. The van der Waals surface area contributed by atoms with Crippen LogP contribution < -0.4 is 0 Å². The first kappa shape index (κ1) is 12.6. The summed E-state index contributed by atoms with van der Waals surface area (Å²) in [4.78, 5) is 9.00. The van der Waals surface area contributed by atoms with Crippen molar-refractivity contribution in [3.63, 3.8) is 0 Å². The zero-order valence-corrected chi connectivity index (χ0v) is 12.4. The first-order valence-corrected chi connectivity index (χ1v) is 7.51. The molecule has 0 aliphatic carbocycles. The molecule has 0 fully saturated rings. The first-order valence-electron chi connectivity index (χ1n) is 6.13. The summed E-state index contributed by atoms with van der Waals surface area (Å²) in [5.41, 5.74) is 6.21. The number of hydrogen-bond donors (Lipinski definition) is 0. The van der Waals surface area contributed by atoms with E-state index in [0.717, 1.165) is 29.1 Å². The van der Waals surface area contributed by atoms with E-state index in [9.17, 15) is 0 Å². The molecule has 0 saturated heterocycles. The highest BCUT2D eigenvalue weighted by molar-refractivity contribution is 7.07. The van der Waals surface area contributed by atoms with Gasteiger partial charge in [-0.2, -0.15) is 0 Å². The number of thiazole rings is 1. The Labute approximate surface area is 120 Å². The molecule has 0 radical (unpaired) electrons. The number of fused-ring (bicyclic) bond motifs is 1. The van der Waals surface area contributed by atoms with Gasteiger partial charge in [0.2, 0.25) is 0 Å². The molecule has 0 N–H and O–H groups in total. The Bertz CT molecular complexity index is 701. The molecule has 2 heterocycles.